The number of nitrogens with zero attached hydrogens (tertiary/aromatic N) is 2. The Morgan fingerprint density at radius 3 is 2.30 bits per heavy atom. The lowest BCUT2D eigenvalue weighted by Gasteiger charge is -2.34. The predicted octanol–water partition coefficient (Wildman–Crippen LogP) is 3.93. The van der Waals surface area contributed by atoms with Crippen molar-refractivity contribution in [1.29, 1.82) is 0 Å². The fourth-order valence-electron chi connectivity index (χ4n) is 2.83. The van der Waals surface area contributed by atoms with Crippen LogP contribution in [0.1, 0.15) is 42.0 Å². The van der Waals surface area contributed by atoms with Crippen molar-refractivity contribution in [3.8, 4) is 0 Å². The average Bonchev–Trinajstić information content (AvgIpc) is 2.68. The molecule has 0 aliphatic carbocycles. The summed E-state index contributed by atoms with van der Waals surface area (Å²) >= 11 is 0. The van der Waals surface area contributed by atoms with Crippen LogP contribution in [-0.2, 0) is 0 Å². The Labute approximate surface area is 168 Å². The largest absolute Gasteiger partial charge is 0.338 e. The number of carbonyl (C=O) groups is 1. The molecule has 5 nitrogen and oxygen atoms in total. The maximum absolute atomic E-state index is 11.3. The van der Waals surface area contributed by atoms with Gasteiger partial charge < -0.3 is 15.5 Å². The Hall–Kier alpha value is -1.85. The summed E-state index contributed by atoms with van der Waals surface area (Å²) in [5, 5.41) is 5.62. The molecule has 0 spiro atoms. The molecular formula is C22H42N4O. The van der Waals surface area contributed by atoms with Crippen molar-refractivity contribution in [3.63, 3.8) is 0 Å². The summed E-state index contributed by atoms with van der Waals surface area (Å²) in [4.78, 5) is 16.3. The topological polar surface area (TPSA) is 47.6 Å². The molecule has 1 fully saturated rings. The molecule has 156 valence electrons. The van der Waals surface area contributed by atoms with Gasteiger partial charge in [-0.1, -0.05) is 62.8 Å². The Morgan fingerprint density at radius 1 is 1.04 bits per heavy atom. The van der Waals surface area contributed by atoms with Crippen LogP contribution < -0.4 is 10.6 Å². The van der Waals surface area contributed by atoms with Crippen molar-refractivity contribution < 1.29 is 7.65 Å². The Kier molecular flexibility index (Phi) is 13.1. The van der Waals surface area contributed by atoms with Crippen LogP contribution in [-0.4, -0.2) is 68.2 Å². The van der Waals surface area contributed by atoms with E-state index in [0.717, 1.165) is 52.2 Å². The summed E-state index contributed by atoms with van der Waals surface area (Å²) in [5.41, 5.74) is 1.26. The normalized spacial score (nSPS) is 15.2. The first-order chi connectivity index (χ1) is 13.2. The van der Waals surface area contributed by atoms with Gasteiger partial charge in [0.25, 0.3) is 0 Å². The molecule has 1 aliphatic rings. The quantitative estimate of drug-likeness (QED) is 0.674. The summed E-state index contributed by atoms with van der Waals surface area (Å²) in [5.74, 6) is 0. The summed E-state index contributed by atoms with van der Waals surface area (Å²) in [7, 11) is 0. The van der Waals surface area contributed by atoms with Crippen LogP contribution in [0.2, 0.25) is 0 Å². The third kappa shape index (κ3) is 11.5. The number of benzene rings is 1. The zero-order valence-electron chi connectivity index (χ0n) is 17.4. The minimum absolute atomic E-state index is 0. The molecule has 0 aromatic heterocycles. The molecular weight excluding hydrogens is 336 g/mol. The minimum atomic E-state index is -0.0625. The molecule has 5 heteroatoms. The second-order valence-electron chi connectivity index (χ2n) is 6.80. The molecule has 0 bridgehead atoms. The van der Waals surface area contributed by atoms with Crippen molar-refractivity contribution in [3.05, 3.63) is 42.0 Å². The van der Waals surface area contributed by atoms with Crippen LogP contribution >= 0.6 is 0 Å². The number of carbonyl (C=O) groups excluding carboxylic acids is 1. The first-order valence-electron chi connectivity index (χ1n) is 10.4. The van der Waals surface area contributed by atoms with Crippen molar-refractivity contribution in [2.24, 2.45) is 0 Å². The smallest absolute Gasteiger partial charge is 0.314 e. The number of piperazine rings is 1. The highest BCUT2D eigenvalue weighted by atomic mass is 16.2. The van der Waals surface area contributed by atoms with Crippen LogP contribution in [0.15, 0.2) is 36.4 Å². The van der Waals surface area contributed by atoms with E-state index in [4.69, 9.17) is 0 Å². The van der Waals surface area contributed by atoms with E-state index >= 15 is 0 Å². The van der Waals surface area contributed by atoms with Gasteiger partial charge in [0.15, 0.2) is 0 Å². The molecule has 1 aliphatic heterocycles. The lowest BCUT2D eigenvalue weighted by atomic mass is 10.2. The van der Waals surface area contributed by atoms with Gasteiger partial charge in [-0.3, -0.25) is 4.90 Å². The summed E-state index contributed by atoms with van der Waals surface area (Å²) in [6.45, 7) is 14.1. The fourth-order valence-corrected chi connectivity index (χ4v) is 2.83. The van der Waals surface area contributed by atoms with E-state index in [1.807, 2.05) is 13.0 Å². The van der Waals surface area contributed by atoms with E-state index in [1.165, 1.54) is 12.0 Å². The summed E-state index contributed by atoms with van der Waals surface area (Å²) in [6.07, 6.45) is 6.70. The molecule has 1 saturated heterocycles. The predicted molar refractivity (Wildman–Crippen MR) is 120 cm³/mol. The number of urea groups is 1. The standard InChI is InChI=1S/C19H30N4O.C3H8.2H2/c1-2-20-19(24)21-11-7-13-23-16-14-22(15-17-23)12-6-10-18-8-4-3-5-9-18;1-3-2;;/h3-6,8-10H,2,7,11-17H2,1H3,(H2,20,21,24);3H2,1-2H3;2*1H/b10-6-;;;. The Bertz CT molecular complexity index is 521. The SMILES string of the molecule is CCC.CCNC(=O)NCCCN1CCN(C/C=C\c2ccccc2)CC1.[HH].[HH]. The van der Waals surface area contributed by atoms with Gasteiger partial charge in [-0.2, -0.15) is 0 Å². The second-order valence-corrected chi connectivity index (χ2v) is 6.80. The number of hydrogen-bond acceptors (Lipinski definition) is 3. The van der Waals surface area contributed by atoms with Crippen LogP contribution in [0.4, 0.5) is 4.79 Å². The lowest BCUT2D eigenvalue weighted by molar-refractivity contribution is 0.141. The van der Waals surface area contributed by atoms with E-state index in [-0.39, 0.29) is 8.88 Å². The van der Waals surface area contributed by atoms with Crippen molar-refractivity contribution in [2.45, 2.75) is 33.6 Å². The molecule has 1 aromatic rings. The molecule has 2 amide bonds. The Morgan fingerprint density at radius 2 is 1.67 bits per heavy atom. The molecule has 1 heterocycles. The van der Waals surface area contributed by atoms with E-state index in [9.17, 15) is 4.79 Å². The highest BCUT2D eigenvalue weighted by Crippen LogP contribution is 2.05. The van der Waals surface area contributed by atoms with Crippen molar-refractivity contribution in [1.82, 2.24) is 20.4 Å². The van der Waals surface area contributed by atoms with Crippen molar-refractivity contribution in [2.75, 3.05) is 52.4 Å². The third-order valence-electron chi connectivity index (χ3n) is 4.21. The van der Waals surface area contributed by atoms with Gasteiger partial charge in [-0.15, -0.1) is 0 Å². The van der Waals surface area contributed by atoms with Gasteiger partial charge >= 0.3 is 6.03 Å². The molecule has 2 rings (SSSR count). The van der Waals surface area contributed by atoms with E-state index in [0.29, 0.717) is 6.54 Å². The van der Waals surface area contributed by atoms with Crippen LogP contribution in [0.25, 0.3) is 6.08 Å². The van der Waals surface area contributed by atoms with Crippen molar-refractivity contribution >= 4 is 12.1 Å². The Balaban J connectivity index is 0. The zero-order chi connectivity index (χ0) is 19.7. The van der Waals surface area contributed by atoms with Crippen LogP contribution in [0.3, 0.4) is 0 Å². The maximum Gasteiger partial charge on any atom is 0.314 e. The molecule has 2 N–H and O–H groups in total. The molecule has 1 aromatic carbocycles. The average molecular weight is 379 g/mol. The highest BCUT2D eigenvalue weighted by Gasteiger charge is 2.15. The minimum Gasteiger partial charge on any atom is -0.338 e. The molecule has 27 heavy (non-hydrogen) atoms. The fraction of sp³-hybridized carbons (Fsp3) is 0.591. The molecule has 0 saturated carbocycles. The number of rotatable bonds is 8. The van der Waals surface area contributed by atoms with E-state index in [1.54, 1.807) is 0 Å². The number of nitrogens with one attached hydrogen (secondary N) is 2. The van der Waals surface area contributed by atoms with Gasteiger partial charge in [0.1, 0.15) is 0 Å². The van der Waals surface area contributed by atoms with Gasteiger partial charge in [0.2, 0.25) is 0 Å². The molecule has 0 radical (unpaired) electrons. The lowest BCUT2D eigenvalue weighted by Crippen LogP contribution is -2.47. The van der Waals surface area contributed by atoms with Crippen LogP contribution in [0.5, 0.6) is 0 Å². The third-order valence-corrected chi connectivity index (χ3v) is 4.21. The first kappa shape index (κ1) is 23.2. The zero-order valence-corrected chi connectivity index (χ0v) is 17.4. The molecule has 0 unspecified atom stereocenters. The maximum atomic E-state index is 11.3. The highest BCUT2D eigenvalue weighted by molar-refractivity contribution is 5.73. The van der Waals surface area contributed by atoms with E-state index in [2.05, 4.69) is 70.7 Å². The summed E-state index contributed by atoms with van der Waals surface area (Å²) in [6, 6.07) is 10.4. The second kappa shape index (κ2) is 15.2. The van der Waals surface area contributed by atoms with E-state index < -0.39 is 0 Å². The van der Waals surface area contributed by atoms with Gasteiger partial charge in [-0.25, -0.2) is 4.79 Å². The number of hydrogen-bond donors (Lipinski definition) is 2. The van der Waals surface area contributed by atoms with Gasteiger partial charge in [0, 0.05) is 48.7 Å². The van der Waals surface area contributed by atoms with Gasteiger partial charge in [-0.05, 0) is 25.5 Å². The number of amides is 2. The summed E-state index contributed by atoms with van der Waals surface area (Å²) < 4.78 is 0. The van der Waals surface area contributed by atoms with Gasteiger partial charge in [0.05, 0.1) is 0 Å². The van der Waals surface area contributed by atoms with Crippen LogP contribution in [0, 0.1) is 0 Å². The first-order valence-corrected chi connectivity index (χ1v) is 10.4. The monoisotopic (exact) mass is 378 g/mol. The molecule has 0 atom stereocenters.